The number of hydrogen-bond donors (Lipinski definition) is 1. The minimum Gasteiger partial charge on any atom is -0.387 e. The van der Waals surface area contributed by atoms with E-state index in [0.717, 1.165) is 16.8 Å². The molecular weight excluding hydrogens is 160 g/mol. The predicted molar refractivity (Wildman–Crippen MR) is 59.6 cm³/mol. The third-order valence-electron chi connectivity index (χ3n) is 1.48. The Balaban J connectivity index is 5.12. The Kier molecular flexibility index (Phi) is 4.82. The van der Waals surface area contributed by atoms with E-state index in [1.165, 1.54) is 0 Å². The van der Waals surface area contributed by atoms with Crippen molar-refractivity contribution in [3.63, 3.8) is 0 Å². The topological polar surface area (TPSA) is 38.4 Å². The van der Waals surface area contributed by atoms with Crippen LogP contribution in [0.4, 0.5) is 0 Å². The van der Waals surface area contributed by atoms with Crippen molar-refractivity contribution >= 4 is 5.84 Å². The number of hydrogen-bond acceptors (Lipinski definition) is 1. The van der Waals surface area contributed by atoms with Gasteiger partial charge >= 0.3 is 0 Å². The van der Waals surface area contributed by atoms with Crippen molar-refractivity contribution in [2.45, 2.75) is 27.7 Å². The van der Waals surface area contributed by atoms with Gasteiger partial charge in [0.05, 0.1) is 11.5 Å². The molecular formula is C11H18N2. The first kappa shape index (κ1) is 11.7. The van der Waals surface area contributed by atoms with Gasteiger partial charge in [0.1, 0.15) is 0 Å². The number of aliphatic imine (C=N–C) groups is 1. The molecule has 0 spiro atoms. The summed E-state index contributed by atoms with van der Waals surface area (Å²) >= 11 is 0. The Bertz CT molecular complexity index is 276. The van der Waals surface area contributed by atoms with Crippen LogP contribution in [0.5, 0.6) is 0 Å². The van der Waals surface area contributed by atoms with E-state index in [1.807, 2.05) is 32.9 Å². The highest BCUT2D eigenvalue weighted by molar-refractivity contribution is 5.79. The molecule has 0 rings (SSSR count). The van der Waals surface area contributed by atoms with Crippen LogP contribution >= 0.6 is 0 Å². The average Bonchev–Trinajstić information content (AvgIpc) is 1.99. The minimum absolute atomic E-state index is 0.557. The van der Waals surface area contributed by atoms with E-state index in [1.54, 1.807) is 6.92 Å². The number of amidine groups is 1. The summed E-state index contributed by atoms with van der Waals surface area (Å²) in [5, 5.41) is 0. The summed E-state index contributed by atoms with van der Waals surface area (Å²) in [5.41, 5.74) is 8.40. The highest BCUT2D eigenvalue weighted by atomic mass is 14.9. The minimum atomic E-state index is 0.557. The third kappa shape index (κ3) is 4.31. The van der Waals surface area contributed by atoms with Crippen molar-refractivity contribution in [3.05, 3.63) is 35.6 Å². The van der Waals surface area contributed by atoms with Gasteiger partial charge < -0.3 is 5.73 Å². The first-order chi connectivity index (χ1) is 5.99. The molecule has 0 aliphatic rings. The maximum absolute atomic E-state index is 5.52. The normalized spacial score (nSPS) is 14.6. The standard InChI is InChI=1S/C11H18N2/c1-6-7-9(4)11(8(2)3)13-10(5)12/h6-7H,2H2,1,3-5H3,(H2,12,13)/b7-6-,11-9+. The van der Waals surface area contributed by atoms with Crippen LogP contribution < -0.4 is 5.73 Å². The van der Waals surface area contributed by atoms with E-state index < -0.39 is 0 Å². The summed E-state index contributed by atoms with van der Waals surface area (Å²) in [6.45, 7) is 11.5. The average molecular weight is 178 g/mol. The first-order valence-corrected chi connectivity index (χ1v) is 4.29. The molecule has 0 atom stereocenters. The zero-order valence-corrected chi connectivity index (χ0v) is 8.89. The molecule has 0 saturated heterocycles. The van der Waals surface area contributed by atoms with Crippen molar-refractivity contribution in [1.29, 1.82) is 0 Å². The van der Waals surface area contributed by atoms with Gasteiger partial charge in [-0.25, -0.2) is 4.99 Å². The van der Waals surface area contributed by atoms with Gasteiger partial charge in [0.25, 0.3) is 0 Å². The van der Waals surface area contributed by atoms with Gasteiger partial charge in [-0.15, -0.1) is 0 Å². The zero-order chi connectivity index (χ0) is 10.4. The van der Waals surface area contributed by atoms with E-state index in [4.69, 9.17) is 5.73 Å². The van der Waals surface area contributed by atoms with Crippen molar-refractivity contribution in [2.75, 3.05) is 0 Å². The van der Waals surface area contributed by atoms with E-state index in [0.29, 0.717) is 5.84 Å². The predicted octanol–water partition coefficient (Wildman–Crippen LogP) is 2.79. The molecule has 0 saturated carbocycles. The lowest BCUT2D eigenvalue weighted by Crippen LogP contribution is -2.06. The highest BCUT2D eigenvalue weighted by Crippen LogP contribution is 2.15. The summed E-state index contributed by atoms with van der Waals surface area (Å²) in [5.74, 6) is 0.557. The molecule has 0 aliphatic carbocycles. The van der Waals surface area contributed by atoms with Gasteiger partial charge in [0.2, 0.25) is 0 Å². The van der Waals surface area contributed by atoms with Crippen LogP contribution in [0, 0.1) is 0 Å². The van der Waals surface area contributed by atoms with E-state index in [2.05, 4.69) is 11.6 Å². The SMILES string of the molecule is C=C(C)C(/N=C(/C)N)=C(C)\C=C/C. The fraction of sp³-hybridized carbons (Fsp3) is 0.364. The van der Waals surface area contributed by atoms with Crippen molar-refractivity contribution in [2.24, 2.45) is 10.7 Å². The van der Waals surface area contributed by atoms with Crippen LogP contribution in [-0.4, -0.2) is 5.84 Å². The van der Waals surface area contributed by atoms with Crippen LogP contribution in [0.15, 0.2) is 40.6 Å². The Morgan fingerprint density at radius 2 is 1.85 bits per heavy atom. The summed E-state index contributed by atoms with van der Waals surface area (Å²) in [6.07, 6.45) is 3.97. The fourth-order valence-corrected chi connectivity index (χ4v) is 1.03. The second-order valence-electron chi connectivity index (χ2n) is 3.07. The largest absolute Gasteiger partial charge is 0.387 e. The third-order valence-corrected chi connectivity index (χ3v) is 1.48. The molecule has 0 aromatic rings. The smallest absolute Gasteiger partial charge is 0.0965 e. The first-order valence-electron chi connectivity index (χ1n) is 4.29. The maximum Gasteiger partial charge on any atom is 0.0965 e. The van der Waals surface area contributed by atoms with Gasteiger partial charge in [-0.3, -0.25) is 0 Å². The number of allylic oxidation sites excluding steroid dienone is 4. The number of rotatable bonds is 3. The Hall–Kier alpha value is -1.31. The molecule has 13 heavy (non-hydrogen) atoms. The molecule has 0 fully saturated rings. The van der Waals surface area contributed by atoms with Gasteiger partial charge in [-0.1, -0.05) is 18.7 Å². The lowest BCUT2D eigenvalue weighted by Gasteiger charge is -2.04. The zero-order valence-electron chi connectivity index (χ0n) is 8.89. The number of nitrogens with two attached hydrogens (primary N) is 1. The second kappa shape index (κ2) is 5.36. The summed E-state index contributed by atoms with van der Waals surface area (Å²) < 4.78 is 0. The van der Waals surface area contributed by atoms with E-state index in [9.17, 15) is 0 Å². The van der Waals surface area contributed by atoms with Crippen LogP contribution in [0.1, 0.15) is 27.7 Å². The molecule has 0 heterocycles. The van der Waals surface area contributed by atoms with Crippen LogP contribution in [0.3, 0.4) is 0 Å². The summed E-state index contributed by atoms with van der Waals surface area (Å²) in [4.78, 5) is 4.22. The van der Waals surface area contributed by atoms with E-state index >= 15 is 0 Å². The molecule has 0 bridgehead atoms. The lowest BCUT2D eigenvalue weighted by atomic mass is 10.1. The lowest BCUT2D eigenvalue weighted by molar-refractivity contribution is 1.22. The molecule has 2 N–H and O–H groups in total. The van der Waals surface area contributed by atoms with Crippen LogP contribution in [-0.2, 0) is 0 Å². The Morgan fingerprint density at radius 1 is 1.31 bits per heavy atom. The van der Waals surface area contributed by atoms with Crippen LogP contribution in [0.2, 0.25) is 0 Å². The summed E-state index contributed by atoms with van der Waals surface area (Å²) in [6, 6.07) is 0. The molecule has 0 unspecified atom stereocenters. The monoisotopic (exact) mass is 178 g/mol. The molecule has 0 aromatic heterocycles. The van der Waals surface area contributed by atoms with E-state index in [-0.39, 0.29) is 0 Å². The van der Waals surface area contributed by atoms with Gasteiger partial charge in [-0.05, 0) is 38.8 Å². The van der Waals surface area contributed by atoms with Gasteiger partial charge in [-0.2, -0.15) is 0 Å². The van der Waals surface area contributed by atoms with Crippen molar-refractivity contribution in [3.8, 4) is 0 Å². The molecule has 0 aromatic carbocycles. The molecule has 0 radical (unpaired) electrons. The Labute approximate surface area is 80.6 Å². The second-order valence-corrected chi connectivity index (χ2v) is 3.07. The Morgan fingerprint density at radius 3 is 2.15 bits per heavy atom. The molecule has 0 aliphatic heterocycles. The fourth-order valence-electron chi connectivity index (χ4n) is 1.03. The molecule has 0 amide bonds. The van der Waals surface area contributed by atoms with Crippen molar-refractivity contribution in [1.82, 2.24) is 0 Å². The molecule has 2 nitrogen and oxygen atoms in total. The number of nitrogens with zero attached hydrogens (tertiary/aromatic N) is 1. The molecule has 2 heteroatoms. The molecule has 72 valence electrons. The van der Waals surface area contributed by atoms with Crippen molar-refractivity contribution < 1.29 is 0 Å². The van der Waals surface area contributed by atoms with Crippen LogP contribution in [0.25, 0.3) is 0 Å². The highest BCUT2D eigenvalue weighted by Gasteiger charge is 1.99. The van der Waals surface area contributed by atoms with Gasteiger partial charge in [0, 0.05) is 0 Å². The van der Waals surface area contributed by atoms with Gasteiger partial charge in [0.15, 0.2) is 0 Å². The quantitative estimate of drug-likeness (QED) is 0.403. The summed E-state index contributed by atoms with van der Waals surface area (Å²) in [7, 11) is 0. The maximum atomic E-state index is 5.52.